The predicted molar refractivity (Wildman–Crippen MR) is 52.9 cm³/mol. The molecule has 0 spiro atoms. The molecule has 4 nitrogen and oxygen atoms in total. The molecule has 1 amide bonds. The molecule has 0 bridgehead atoms. The minimum absolute atomic E-state index is 0.0370. The largest absolute Gasteiger partial charge is 0.382 e. The van der Waals surface area contributed by atoms with E-state index in [1.807, 2.05) is 32.7 Å². The molecule has 1 aliphatic rings. The number of amides is 1. The molecular weight excluding hydrogens is 168 g/mol. The van der Waals surface area contributed by atoms with Gasteiger partial charge >= 0.3 is 0 Å². The van der Waals surface area contributed by atoms with Crippen LogP contribution in [0.15, 0.2) is 4.99 Å². The Morgan fingerprint density at radius 2 is 2.00 bits per heavy atom. The van der Waals surface area contributed by atoms with Crippen molar-refractivity contribution in [1.82, 2.24) is 4.90 Å². The van der Waals surface area contributed by atoms with Crippen molar-refractivity contribution in [2.75, 3.05) is 26.8 Å². The molecule has 0 aromatic heterocycles. The van der Waals surface area contributed by atoms with Gasteiger partial charge in [0, 0.05) is 20.3 Å². The van der Waals surface area contributed by atoms with E-state index in [-0.39, 0.29) is 5.91 Å². The number of likely N-dealkylation sites (N-methyl/N-ethyl adjacent to an activating group) is 1. The highest BCUT2D eigenvalue weighted by molar-refractivity contribution is 6.00. The monoisotopic (exact) mass is 186 g/mol. The third-order valence-electron chi connectivity index (χ3n) is 1.62. The molecule has 76 valence electrons. The highest BCUT2D eigenvalue weighted by Crippen LogP contribution is 1.96. The Bertz CT molecular complexity index is 188. The minimum atomic E-state index is -0.0370. The average molecular weight is 186 g/mol. The summed E-state index contributed by atoms with van der Waals surface area (Å²) in [4.78, 5) is 15.9. The van der Waals surface area contributed by atoms with E-state index in [2.05, 4.69) is 4.99 Å². The Morgan fingerprint density at radius 1 is 1.46 bits per heavy atom. The van der Waals surface area contributed by atoms with Crippen molar-refractivity contribution in [1.29, 1.82) is 0 Å². The normalized spacial score (nSPS) is 15.2. The van der Waals surface area contributed by atoms with Crippen molar-refractivity contribution in [2.45, 2.75) is 20.8 Å². The molecular formula is C9H18N2O2. The standard InChI is InChI=1S/C5H8N2O.C4H10O/c1-4-6-5(8)3-7(4)2;1-3-5-4-2/h3H2,1-2H3;3-4H2,1-2H3. The predicted octanol–water partition coefficient (Wildman–Crippen LogP) is 0.920. The van der Waals surface area contributed by atoms with Crippen molar-refractivity contribution >= 4 is 11.7 Å². The summed E-state index contributed by atoms with van der Waals surface area (Å²) in [7, 11) is 1.85. The SMILES string of the molecule is CC1=NC(=O)CN1C.CCOCC. The van der Waals surface area contributed by atoms with Gasteiger partial charge in [0.05, 0.1) is 6.54 Å². The van der Waals surface area contributed by atoms with Crippen LogP contribution in [-0.2, 0) is 9.53 Å². The molecule has 0 aromatic carbocycles. The first-order valence-corrected chi connectivity index (χ1v) is 4.48. The first kappa shape index (κ1) is 12.1. The van der Waals surface area contributed by atoms with Gasteiger partial charge < -0.3 is 9.64 Å². The summed E-state index contributed by atoms with van der Waals surface area (Å²) in [5, 5.41) is 0. The Balaban J connectivity index is 0.000000252. The Morgan fingerprint density at radius 3 is 2.08 bits per heavy atom. The number of ether oxygens (including phenoxy) is 1. The van der Waals surface area contributed by atoms with Crippen molar-refractivity contribution < 1.29 is 9.53 Å². The average Bonchev–Trinajstić information content (AvgIpc) is 2.32. The number of amidine groups is 1. The quantitative estimate of drug-likeness (QED) is 0.644. The lowest BCUT2D eigenvalue weighted by atomic mass is 10.6. The highest BCUT2D eigenvalue weighted by atomic mass is 16.5. The van der Waals surface area contributed by atoms with E-state index in [4.69, 9.17) is 4.74 Å². The molecule has 0 unspecified atom stereocenters. The fourth-order valence-electron chi connectivity index (χ4n) is 0.823. The van der Waals surface area contributed by atoms with E-state index in [0.717, 1.165) is 19.0 Å². The van der Waals surface area contributed by atoms with Gasteiger partial charge in [0.25, 0.3) is 5.91 Å². The topological polar surface area (TPSA) is 41.9 Å². The molecule has 1 aliphatic heterocycles. The minimum Gasteiger partial charge on any atom is -0.382 e. The van der Waals surface area contributed by atoms with Gasteiger partial charge in [0.2, 0.25) is 0 Å². The summed E-state index contributed by atoms with van der Waals surface area (Å²) in [5.41, 5.74) is 0. The molecule has 0 atom stereocenters. The van der Waals surface area contributed by atoms with Crippen LogP contribution in [0.25, 0.3) is 0 Å². The van der Waals surface area contributed by atoms with Crippen LogP contribution in [0.4, 0.5) is 0 Å². The summed E-state index contributed by atoms with van der Waals surface area (Å²) >= 11 is 0. The Labute approximate surface area is 79.6 Å². The smallest absolute Gasteiger partial charge is 0.266 e. The van der Waals surface area contributed by atoms with Crippen molar-refractivity contribution in [3.63, 3.8) is 0 Å². The number of carbonyl (C=O) groups is 1. The van der Waals surface area contributed by atoms with Gasteiger partial charge in [0.1, 0.15) is 5.84 Å². The number of carbonyl (C=O) groups excluding carboxylic acids is 1. The van der Waals surface area contributed by atoms with Crippen LogP contribution >= 0.6 is 0 Å². The third-order valence-corrected chi connectivity index (χ3v) is 1.62. The molecule has 0 N–H and O–H groups in total. The lowest BCUT2D eigenvalue weighted by Gasteiger charge is -2.05. The number of aliphatic imine (C=N–C) groups is 1. The van der Waals surface area contributed by atoms with Gasteiger partial charge in [-0.05, 0) is 20.8 Å². The van der Waals surface area contributed by atoms with Gasteiger partial charge in [0.15, 0.2) is 0 Å². The molecule has 0 fully saturated rings. The number of nitrogens with zero attached hydrogens (tertiary/aromatic N) is 2. The van der Waals surface area contributed by atoms with Crippen molar-refractivity contribution in [2.24, 2.45) is 4.99 Å². The molecule has 0 saturated heterocycles. The molecule has 0 aliphatic carbocycles. The van der Waals surface area contributed by atoms with Crippen LogP contribution in [0.3, 0.4) is 0 Å². The van der Waals surface area contributed by atoms with Crippen LogP contribution < -0.4 is 0 Å². The zero-order valence-corrected chi connectivity index (χ0v) is 8.83. The fraction of sp³-hybridized carbons (Fsp3) is 0.778. The summed E-state index contributed by atoms with van der Waals surface area (Å²) in [6.07, 6.45) is 0. The molecule has 4 heteroatoms. The summed E-state index contributed by atoms with van der Waals surface area (Å²) in [6, 6.07) is 0. The number of hydrogen-bond donors (Lipinski definition) is 0. The maximum Gasteiger partial charge on any atom is 0.266 e. The van der Waals surface area contributed by atoms with Crippen LogP contribution in [-0.4, -0.2) is 43.4 Å². The van der Waals surface area contributed by atoms with Gasteiger partial charge in [-0.2, -0.15) is 4.99 Å². The van der Waals surface area contributed by atoms with Crippen LogP contribution in [0, 0.1) is 0 Å². The zero-order chi connectivity index (χ0) is 10.3. The Hall–Kier alpha value is -0.900. The van der Waals surface area contributed by atoms with Gasteiger partial charge in [-0.1, -0.05) is 0 Å². The second-order valence-corrected chi connectivity index (χ2v) is 2.69. The number of rotatable bonds is 2. The summed E-state index contributed by atoms with van der Waals surface area (Å²) in [6.45, 7) is 7.94. The van der Waals surface area contributed by atoms with E-state index in [0.29, 0.717) is 6.54 Å². The maximum atomic E-state index is 10.4. The van der Waals surface area contributed by atoms with Crippen molar-refractivity contribution in [3.8, 4) is 0 Å². The molecule has 13 heavy (non-hydrogen) atoms. The van der Waals surface area contributed by atoms with E-state index >= 15 is 0 Å². The van der Waals surface area contributed by atoms with Gasteiger partial charge in [-0.3, -0.25) is 4.79 Å². The summed E-state index contributed by atoms with van der Waals surface area (Å²) < 4.78 is 4.83. The second kappa shape index (κ2) is 6.60. The van der Waals surface area contributed by atoms with Crippen LogP contribution in [0.5, 0.6) is 0 Å². The summed E-state index contributed by atoms with van der Waals surface area (Å²) in [5.74, 6) is 0.778. The second-order valence-electron chi connectivity index (χ2n) is 2.69. The lowest BCUT2D eigenvalue weighted by molar-refractivity contribution is -0.116. The van der Waals surface area contributed by atoms with Crippen molar-refractivity contribution in [3.05, 3.63) is 0 Å². The maximum absolute atomic E-state index is 10.4. The van der Waals surface area contributed by atoms with Crippen LogP contribution in [0.2, 0.25) is 0 Å². The fourth-order valence-corrected chi connectivity index (χ4v) is 0.823. The Kier molecular flexibility index (Phi) is 6.14. The van der Waals surface area contributed by atoms with Crippen LogP contribution in [0.1, 0.15) is 20.8 Å². The molecule has 1 heterocycles. The molecule has 0 saturated carbocycles. The molecule has 0 radical (unpaired) electrons. The zero-order valence-electron chi connectivity index (χ0n) is 8.83. The van der Waals surface area contributed by atoms with E-state index in [1.165, 1.54) is 0 Å². The molecule has 1 rings (SSSR count). The first-order chi connectivity index (χ1) is 6.11. The first-order valence-electron chi connectivity index (χ1n) is 4.48. The van der Waals surface area contributed by atoms with E-state index in [9.17, 15) is 4.79 Å². The van der Waals surface area contributed by atoms with E-state index in [1.54, 1.807) is 0 Å². The highest BCUT2D eigenvalue weighted by Gasteiger charge is 2.13. The molecule has 0 aromatic rings. The van der Waals surface area contributed by atoms with E-state index < -0.39 is 0 Å². The number of hydrogen-bond acceptors (Lipinski definition) is 3. The van der Waals surface area contributed by atoms with Gasteiger partial charge in [-0.25, -0.2) is 0 Å². The third kappa shape index (κ3) is 5.36. The van der Waals surface area contributed by atoms with Gasteiger partial charge in [-0.15, -0.1) is 0 Å². The lowest BCUT2D eigenvalue weighted by Crippen LogP contribution is -2.20.